The molecule has 8 heteroatoms. The molecule has 6 nitrogen and oxygen atoms in total. The quantitative estimate of drug-likeness (QED) is 0.505. The molecule has 0 saturated carbocycles. The Balaban J connectivity index is 1.74. The molecular weight excluding hydrogens is 352 g/mol. The van der Waals surface area contributed by atoms with Gasteiger partial charge in [-0.2, -0.15) is 8.78 Å². The first-order valence-electron chi connectivity index (χ1n) is 8.23. The molecule has 0 saturated heterocycles. The van der Waals surface area contributed by atoms with Crippen LogP contribution < -0.4 is 11.6 Å². The molecule has 0 amide bonds. The SMILES string of the molecule is CC(c1ccc(-c2nnc(C(F)F)o2)cc1)N(N)/C=C(\N)c1ccccc1. The molecule has 1 aromatic heterocycles. The van der Waals surface area contributed by atoms with E-state index in [9.17, 15) is 8.78 Å². The highest BCUT2D eigenvalue weighted by Crippen LogP contribution is 2.26. The minimum Gasteiger partial charge on any atom is -0.415 e. The van der Waals surface area contributed by atoms with Gasteiger partial charge in [0.15, 0.2) is 0 Å². The monoisotopic (exact) mass is 371 g/mol. The van der Waals surface area contributed by atoms with Crippen molar-refractivity contribution in [1.82, 2.24) is 15.2 Å². The van der Waals surface area contributed by atoms with Crippen LogP contribution in [0.15, 0.2) is 65.2 Å². The standard InChI is InChI=1S/C19H19F2N5O/c1-12(26(23)11-16(22)14-5-3-2-4-6-14)13-7-9-15(10-8-13)18-24-25-19(27-18)17(20)21/h2-12,17H,22-23H2,1H3/b16-11-. The van der Waals surface area contributed by atoms with Gasteiger partial charge in [0.25, 0.3) is 5.89 Å². The first kappa shape index (κ1) is 18.5. The summed E-state index contributed by atoms with van der Waals surface area (Å²) in [4.78, 5) is 0. The summed E-state index contributed by atoms with van der Waals surface area (Å²) in [5.74, 6) is 5.47. The highest BCUT2D eigenvalue weighted by atomic mass is 19.3. The van der Waals surface area contributed by atoms with Crippen LogP contribution in [0.1, 0.15) is 36.4 Å². The predicted octanol–water partition coefficient (Wildman–Crippen LogP) is 3.87. The van der Waals surface area contributed by atoms with Crippen molar-refractivity contribution in [2.75, 3.05) is 0 Å². The molecule has 0 aliphatic rings. The van der Waals surface area contributed by atoms with Gasteiger partial charge in [-0.05, 0) is 30.2 Å². The lowest BCUT2D eigenvalue weighted by Gasteiger charge is -2.23. The maximum Gasteiger partial charge on any atom is 0.314 e. The Labute approximate surface area is 155 Å². The lowest BCUT2D eigenvalue weighted by Crippen LogP contribution is -2.29. The highest BCUT2D eigenvalue weighted by molar-refractivity contribution is 5.62. The van der Waals surface area contributed by atoms with Gasteiger partial charge in [-0.3, -0.25) is 0 Å². The molecule has 0 radical (unpaired) electrons. The van der Waals surface area contributed by atoms with Crippen molar-refractivity contribution < 1.29 is 13.2 Å². The zero-order valence-electron chi connectivity index (χ0n) is 14.6. The molecule has 27 heavy (non-hydrogen) atoms. The largest absolute Gasteiger partial charge is 0.415 e. The van der Waals surface area contributed by atoms with Gasteiger partial charge in [-0.25, -0.2) is 5.84 Å². The molecule has 4 N–H and O–H groups in total. The summed E-state index contributed by atoms with van der Waals surface area (Å²) in [6.45, 7) is 1.92. The van der Waals surface area contributed by atoms with Crippen molar-refractivity contribution >= 4 is 5.70 Å². The number of nitrogens with two attached hydrogens (primary N) is 2. The van der Waals surface area contributed by atoms with Gasteiger partial charge in [0.05, 0.1) is 11.7 Å². The van der Waals surface area contributed by atoms with E-state index < -0.39 is 12.3 Å². The van der Waals surface area contributed by atoms with Gasteiger partial charge in [-0.1, -0.05) is 42.5 Å². The van der Waals surface area contributed by atoms with Gasteiger partial charge < -0.3 is 15.2 Å². The first-order chi connectivity index (χ1) is 13.0. The molecule has 0 aliphatic heterocycles. The lowest BCUT2D eigenvalue weighted by atomic mass is 10.1. The Morgan fingerprint density at radius 1 is 1.07 bits per heavy atom. The molecule has 0 spiro atoms. The lowest BCUT2D eigenvalue weighted by molar-refractivity contribution is 0.116. The summed E-state index contributed by atoms with van der Waals surface area (Å²) in [7, 11) is 0. The maximum atomic E-state index is 12.6. The number of aromatic nitrogens is 2. The summed E-state index contributed by atoms with van der Waals surface area (Å²) in [5, 5.41) is 8.47. The molecule has 140 valence electrons. The van der Waals surface area contributed by atoms with Crippen LogP contribution in [0.3, 0.4) is 0 Å². The third kappa shape index (κ3) is 4.29. The second-order valence-corrected chi connectivity index (χ2v) is 5.94. The van der Waals surface area contributed by atoms with E-state index in [1.807, 2.05) is 49.4 Å². The van der Waals surface area contributed by atoms with Crippen LogP contribution in [0.4, 0.5) is 8.78 Å². The summed E-state index contributed by atoms with van der Waals surface area (Å²) in [6.07, 6.45) is -1.13. The first-order valence-corrected chi connectivity index (χ1v) is 8.23. The highest BCUT2D eigenvalue weighted by Gasteiger charge is 2.17. The van der Waals surface area contributed by atoms with Crippen LogP contribution in [0.25, 0.3) is 17.2 Å². The van der Waals surface area contributed by atoms with Crippen molar-refractivity contribution in [3.8, 4) is 11.5 Å². The van der Waals surface area contributed by atoms with E-state index in [1.165, 1.54) is 5.01 Å². The van der Waals surface area contributed by atoms with Crippen LogP contribution >= 0.6 is 0 Å². The minimum absolute atomic E-state index is 0.0438. The van der Waals surface area contributed by atoms with E-state index >= 15 is 0 Å². The van der Waals surface area contributed by atoms with Gasteiger partial charge in [0, 0.05) is 11.8 Å². The van der Waals surface area contributed by atoms with Gasteiger partial charge in [0.1, 0.15) is 0 Å². The normalized spacial score (nSPS) is 13.0. The number of alkyl halides is 2. The van der Waals surface area contributed by atoms with Crippen LogP contribution in [-0.2, 0) is 0 Å². The van der Waals surface area contributed by atoms with E-state index in [4.69, 9.17) is 16.0 Å². The molecule has 0 bridgehead atoms. The number of hydrogen-bond acceptors (Lipinski definition) is 6. The average Bonchev–Trinajstić information content (AvgIpc) is 3.18. The fraction of sp³-hybridized carbons (Fsp3) is 0.158. The van der Waals surface area contributed by atoms with Crippen molar-refractivity contribution in [2.45, 2.75) is 19.4 Å². The van der Waals surface area contributed by atoms with E-state index in [2.05, 4.69) is 10.2 Å². The Morgan fingerprint density at radius 2 is 1.74 bits per heavy atom. The number of benzene rings is 2. The van der Waals surface area contributed by atoms with E-state index in [0.717, 1.165) is 11.1 Å². The Morgan fingerprint density at radius 3 is 2.33 bits per heavy atom. The van der Waals surface area contributed by atoms with E-state index in [-0.39, 0.29) is 11.9 Å². The van der Waals surface area contributed by atoms with Crippen LogP contribution in [0, 0.1) is 0 Å². The predicted molar refractivity (Wildman–Crippen MR) is 97.7 cm³/mol. The Bertz CT molecular complexity index is 909. The molecule has 1 atom stereocenters. The number of hydrogen-bond donors (Lipinski definition) is 2. The second-order valence-electron chi connectivity index (χ2n) is 5.94. The van der Waals surface area contributed by atoms with E-state index in [0.29, 0.717) is 11.3 Å². The third-order valence-electron chi connectivity index (χ3n) is 4.11. The fourth-order valence-electron chi connectivity index (χ4n) is 2.49. The summed E-state index contributed by atoms with van der Waals surface area (Å²) >= 11 is 0. The van der Waals surface area contributed by atoms with Crippen molar-refractivity contribution in [2.24, 2.45) is 11.6 Å². The number of nitrogens with zero attached hydrogens (tertiary/aromatic N) is 3. The third-order valence-corrected chi connectivity index (χ3v) is 4.11. The number of rotatable bonds is 6. The fourth-order valence-corrected chi connectivity index (χ4v) is 2.49. The smallest absolute Gasteiger partial charge is 0.314 e. The van der Waals surface area contributed by atoms with Crippen molar-refractivity contribution in [3.05, 3.63) is 77.8 Å². The Hall–Kier alpha value is -3.26. The van der Waals surface area contributed by atoms with Gasteiger partial charge in [0.2, 0.25) is 5.89 Å². The minimum atomic E-state index is -2.79. The molecule has 3 rings (SSSR count). The van der Waals surface area contributed by atoms with Crippen LogP contribution in [0.2, 0.25) is 0 Å². The van der Waals surface area contributed by atoms with E-state index in [1.54, 1.807) is 18.3 Å². The molecule has 2 aromatic carbocycles. The molecule has 1 unspecified atom stereocenters. The van der Waals surface area contributed by atoms with Gasteiger partial charge >= 0.3 is 6.43 Å². The van der Waals surface area contributed by atoms with Crippen molar-refractivity contribution in [1.29, 1.82) is 0 Å². The molecular formula is C19H19F2N5O. The molecule has 3 aromatic rings. The summed E-state index contributed by atoms with van der Waals surface area (Å²) < 4.78 is 30.0. The Kier molecular flexibility index (Phi) is 5.46. The van der Waals surface area contributed by atoms with Crippen molar-refractivity contribution in [3.63, 3.8) is 0 Å². The zero-order valence-corrected chi connectivity index (χ0v) is 14.6. The summed E-state index contributed by atoms with van der Waals surface area (Å²) in [6, 6.07) is 16.4. The zero-order chi connectivity index (χ0) is 19.4. The number of hydrazine groups is 1. The average molecular weight is 371 g/mol. The second kappa shape index (κ2) is 7.96. The van der Waals surface area contributed by atoms with Crippen LogP contribution in [0.5, 0.6) is 0 Å². The topological polar surface area (TPSA) is 94.2 Å². The van der Waals surface area contributed by atoms with Gasteiger partial charge in [-0.15, -0.1) is 10.2 Å². The molecule has 0 fully saturated rings. The summed E-state index contributed by atoms with van der Waals surface area (Å²) in [5.41, 5.74) is 8.97. The number of halogens is 2. The molecule has 0 aliphatic carbocycles. The maximum absolute atomic E-state index is 12.6. The molecule has 1 heterocycles. The van der Waals surface area contributed by atoms with Crippen LogP contribution in [-0.4, -0.2) is 15.2 Å².